The van der Waals surface area contributed by atoms with Crippen LogP contribution >= 0.6 is 0 Å². The van der Waals surface area contributed by atoms with E-state index in [1.54, 1.807) is 6.26 Å². The maximum absolute atomic E-state index is 8.82. The standard InChI is InChI=1S/C9H8O.Cr.2H2O.2O/c1-2-6-9-8(4-1)5-3-7-10-9;;;;;/h1-4,6-7H,5H2;;2*1H2;;/q;+2;;;;/p-2. The molecule has 1 aliphatic rings. The zero-order valence-electron chi connectivity index (χ0n) is 7.70. The fourth-order valence-electron chi connectivity index (χ4n) is 1.08. The average Bonchev–Trinajstić information content (AvgIpc) is 2.16. The number of ether oxygens (including phenoxy) is 1. The molecule has 6 heteroatoms. The van der Waals surface area contributed by atoms with Crippen LogP contribution in [0.3, 0.4) is 0 Å². The molecule has 0 spiro atoms. The van der Waals surface area contributed by atoms with Crippen molar-refractivity contribution in [3.8, 4) is 5.75 Å². The minimum atomic E-state index is -5.25. The Labute approximate surface area is 89.0 Å². The number of fused-ring (bicyclic) bond motifs is 1. The van der Waals surface area contributed by atoms with Gasteiger partial charge in [-0.3, -0.25) is 0 Å². The predicted octanol–water partition coefficient (Wildman–Crippen LogP) is 0.781. The Kier molecular flexibility index (Phi) is 4.00. The van der Waals surface area contributed by atoms with Crippen molar-refractivity contribution in [2.24, 2.45) is 0 Å². The molecule has 1 aromatic carbocycles. The summed E-state index contributed by atoms with van der Waals surface area (Å²) in [5.74, 6) is 0.991. The fourth-order valence-corrected chi connectivity index (χ4v) is 1.08. The quantitative estimate of drug-likeness (QED) is 0.710. The van der Waals surface area contributed by atoms with E-state index < -0.39 is 13.6 Å². The Morgan fingerprint density at radius 1 is 1.20 bits per heavy atom. The summed E-state index contributed by atoms with van der Waals surface area (Å²) in [7, 11) is 0. The Morgan fingerprint density at radius 2 is 1.80 bits per heavy atom. The van der Waals surface area contributed by atoms with Crippen LogP contribution in [-0.2, 0) is 27.6 Å². The van der Waals surface area contributed by atoms with E-state index in [2.05, 4.69) is 6.07 Å². The van der Waals surface area contributed by atoms with Crippen LogP contribution in [0.1, 0.15) is 5.56 Å². The van der Waals surface area contributed by atoms with Gasteiger partial charge < -0.3 is 4.74 Å². The van der Waals surface area contributed by atoms with Gasteiger partial charge in [0.15, 0.2) is 0 Å². The van der Waals surface area contributed by atoms with Crippen LogP contribution in [0, 0.1) is 0 Å². The summed E-state index contributed by atoms with van der Waals surface area (Å²) in [6.07, 6.45) is 4.75. The molecule has 0 fully saturated rings. The molecule has 1 heterocycles. The molecule has 0 unspecified atom stereocenters. The van der Waals surface area contributed by atoms with Crippen LogP contribution in [0.5, 0.6) is 5.75 Å². The molecule has 0 atom stereocenters. The van der Waals surface area contributed by atoms with Crippen LogP contribution in [0.15, 0.2) is 36.6 Å². The van der Waals surface area contributed by atoms with E-state index in [-0.39, 0.29) is 0 Å². The van der Waals surface area contributed by atoms with Crippen molar-refractivity contribution in [3.63, 3.8) is 0 Å². The zero-order chi connectivity index (χ0) is 11.3. The second-order valence-electron chi connectivity index (χ2n) is 2.75. The summed E-state index contributed by atoms with van der Waals surface area (Å²) in [4.78, 5) is 0. The summed E-state index contributed by atoms with van der Waals surface area (Å²) in [5.41, 5.74) is 1.27. The van der Waals surface area contributed by atoms with E-state index in [4.69, 9.17) is 20.7 Å². The second kappa shape index (κ2) is 5.05. The van der Waals surface area contributed by atoms with Gasteiger partial charge in [0, 0.05) is 0 Å². The molecule has 1 aliphatic heterocycles. The third-order valence-electron chi connectivity index (χ3n) is 1.60. The molecule has 0 bridgehead atoms. The second-order valence-corrected chi connectivity index (χ2v) is 4.15. The summed E-state index contributed by atoms with van der Waals surface area (Å²) in [6, 6.07) is 8.08. The van der Waals surface area contributed by atoms with Crippen molar-refractivity contribution >= 4 is 0 Å². The van der Waals surface area contributed by atoms with E-state index in [0.29, 0.717) is 0 Å². The van der Waals surface area contributed by atoms with Crippen LogP contribution in [0.2, 0.25) is 0 Å². The molecular weight excluding hydrogens is 240 g/mol. The first kappa shape index (κ1) is 11.9. The molecule has 5 nitrogen and oxygen atoms in total. The molecule has 0 amide bonds. The third-order valence-corrected chi connectivity index (χ3v) is 1.60. The summed E-state index contributed by atoms with van der Waals surface area (Å²) in [6.45, 7) is 0. The number of para-hydroxylation sites is 1. The van der Waals surface area contributed by atoms with E-state index in [1.807, 2.05) is 24.3 Å². The van der Waals surface area contributed by atoms with Crippen molar-refractivity contribution in [2.75, 3.05) is 0 Å². The van der Waals surface area contributed by atoms with Crippen LogP contribution in [0.25, 0.3) is 0 Å². The van der Waals surface area contributed by atoms with Crippen molar-refractivity contribution < 1.29 is 34.3 Å². The Balaban J connectivity index is 0.000000195. The number of benzene rings is 1. The minimum absolute atomic E-state index is 0.991. The zero-order valence-corrected chi connectivity index (χ0v) is 8.97. The first-order valence-corrected chi connectivity index (χ1v) is 6.24. The average molecular weight is 250 g/mol. The van der Waals surface area contributed by atoms with Crippen molar-refractivity contribution in [3.05, 3.63) is 42.2 Å². The maximum atomic E-state index is 8.82. The molecule has 2 rings (SSSR count). The normalized spacial score (nSPS) is 13.2. The van der Waals surface area contributed by atoms with Gasteiger partial charge in [0.25, 0.3) is 0 Å². The van der Waals surface area contributed by atoms with Crippen LogP contribution < -0.4 is 4.74 Å². The van der Waals surface area contributed by atoms with Gasteiger partial charge in [0.1, 0.15) is 5.75 Å². The molecule has 0 aromatic heterocycles. The molecule has 0 aliphatic carbocycles. The molecule has 0 saturated carbocycles. The van der Waals surface area contributed by atoms with Gasteiger partial charge in [-0.25, -0.2) is 0 Å². The Morgan fingerprint density at radius 3 is 2.40 bits per heavy atom. The third kappa shape index (κ3) is 5.30. The Hall–Kier alpha value is -1.19. The van der Waals surface area contributed by atoms with E-state index in [9.17, 15) is 0 Å². The molecule has 2 N–H and O–H groups in total. The number of hydrogen-bond acceptors (Lipinski definition) is 3. The fraction of sp³-hybridized carbons (Fsp3) is 0.111. The van der Waals surface area contributed by atoms with E-state index in [0.717, 1.165) is 12.2 Å². The molecule has 82 valence electrons. The first-order valence-electron chi connectivity index (χ1n) is 4.06. The van der Waals surface area contributed by atoms with E-state index >= 15 is 0 Å². The monoisotopic (exact) mass is 250 g/mol. The van der Waals surface area contributed by atoms with Gasteiger partial charge in [-0.05, 0) is 24.1 Å². The van der Waals surface area contributed by atoms with Crippen molar-refractivity contribution in [2.45, 2.75) is 6.42 Å². The van der Waals surface area contributed by atoms with Crippen LogP contribution in [0.4, 0.5) is 0 Å². The van der Waals surface area contributed by atoms with Gasteiger partial charge >= 0.3 is 29.5 Å². The molecular formula is C9H10CrO5. The summed E-state index contributed by atoms with van der Waals surface area (Å²) in [5, 5.41) is 0. The van der Waals surface area contributed by atoms with Crippen molar-refractivity contribution in [1.29, 1.82) is 0 Å². The van der Waals surface area contributed by atoms with Gasteiger partial charge in [-0.2, -0.15) is 0 Å². The number of allylic oxidation sites excluding steroid dienone is 1. The Bertz CT molecular complexity index is 414. The predicted molar refractivity (Wildman–Crippen MR) is 45.7 cm³/mol. The number of rotatable bonds is 0. The van der Waals surface area contributed by atoms with Gasteiger partial charge in [0.05, 0.1) is 6.26 Å². The first-order chi connectivity index (χ1) is 6.97. The van der Waals surface area contributed by atoms with Gasteiger partial charge in [-0.1, -0.05) is 18.2 Å². The van der Waals surface area contributed by atoms with E-state index in [1.165, 1.54) is 5.56 Å². The molecule has 0 radical (unpaired) electrons. The molecule has 0 saturated heterocycles. The van der Waals surface area contributed by atoms with Crippen molar-refractivity contribution in [1.82, 2.24) is 0 Å². The van der Waals surface area contributed by atoms with Gasteiger partial charge in [-0.15, -0.1) is 0 Å². The topological polar surface area (TPSA) is 83.8 Å². The molecule has 1 aromatic rings. The summed E-state index contributed by atoms with van der Waals surface area (Å²) < 4.78 is 37.1. The number of hydrogen-bond donors (Lipinski definition) is 2. The van der Waals surface area contributed by atoms with Crippen LogP contribution in [-0.4, -0.2) is 8.32 Å². The SMILES string of the molecule is C1=COc2ccccc2C1.[O]=[Cr](=[O])([OH])[OH]. The summed E-state index contributed by atoms with van der Waals surface area (Å²) >= 11 is -5.25. The van der Waals surface area contributed by atoms with Gasteiger partial charge in [0.2, 0.25) is 0 Å². The molecule has 15 heavy (non-hydrogen) atoms.